The van der Waals surface area contributed by atoms with Crippen molar-refractivity contribution in [3.8, 4) is 0 Å². The van der Waals surface area contributed by atoms with Gasteiger partial charge in [-0.2, -0.15) is 0 Å². The van der Waals surface area contributed by atoms with Gasteiger partial charge in [0.1, 0.15) is 0 Å². The Kier molecular flexibility index (Phi) is 10.7. The quantitative estimate of drug-likeness (QED) is 0.332. The Bertz CT molecular complexity index is 254. The van der Waals surface area contributed by atoms with Crippen LogP contribution >= 0.6 is 24.0 Å². The van der Waals surface area contributed by atoms with Crippen molar-refractivity contribution < 1.29 is 0 Å². The fraction of sp³-hybridized carbons (Fsp3) is 0.929. The van der Waals surface area contributed by atoms with Gasteiger partial charge in [0.2, 0.25) is 0 Å². The molecule has 0 aromatic heterocycles. The largest absolute Gasteiger partial charge is 0.370 e. The number of hydrogen-bond acceptors (Lipinski definition) is 2. The molecule has 19 heavy (non-hydrogen) atoms. The second-order valence-electron chi connectivity index (χ2n) is 5.31. The summed E-state index contributed by atoms with van der Waals surface area (Å²) >= 11 is 0. The van der Waals surface area contributed by atoms with Gasteiger partial charge >= 0.3 is 0 Å². The first-order chi connectivity index (χ1) is 8.67. The van der Waals surface area contributed by atoms with Crippen molar-refractivity contribution >= 4 is 29.9 Å². The van der Waals surface area contributed by atoms with E-state index in [9.17, 15) is 0 Å². The molecule has 1 aliphatic heterocycles. The number of piperidine rings is 1. The highest BCUT2D eigenvalue weighted by atomic mass is 127. The molecule has 2 N–H and O–H groups in total. The predicted octanol–water partition coefficient (Wildman–Crippen LogP) is 2.38. The minimum atomic E-state index is 0. The van der Waals surface area contributed by atoms with Gasteiger partial charge in [-0.1, -0.05) is 6.92 Å². The average Bonchev–Trinajstić information content (AvgIpc) is 2.36. The van der Waals surface area contributed by atoms with Crippen LogP contribution in [0.25, 0.3) is 0 Å². The molecule has 0 saturated carbocycles. The van der Waals surface area contributed by atoms with Crippen LogP contribution in [0.1, 0.15) is 40.0 Å². The van der Waals surface area contributed by atoms with Crippen molar-refractivity contribution in [1.82, 2.24) is 9.80 Å². The molecule has 114 valence electrons. The molecule has 1 rings (SSSR count). The number of aliphatic imine (C=N–C) groups is 1. The monoisotopic (exact) mass is 382 g/mol. The maximum atomic E-state index is 5.94. The molecule has 1 unspecified atom stereocenters. The Morgan fingerprint density at radius 3 is 2.63 bits per heavy atom. The first-order valence-corrected chi connectivity index (χ1v) is 7.44. The van der Waals surface area contributed by atoms with Crippen molar-refractivity contribution in [2.45, 2.75) is 40.0 Å². The Balaban J connectivity index is 0.00000324. The van der Waals surface area contributed by atoms with Gasteiger partial charge < -0.3 is 15.5 Å². The molecule has 1 aliphatic rings. The minimum Gasteiger partial charge on any atom is -0.370 e. The van der Waals surface area contributed by atoms with Gasteiger partial charge in [0, 0.05) is 26.2 Å². The van der Waals surface area contributed by atoms with Gasteiger partial charge in [-0.25, -0.2) is 0 Å². The Labute approximate surface area is 135 Å². The smallest absolute Gasteiger partial charge is 0.191 e. The molecule has 0 aromatic carbocycles. The van der Waals surface area contributed by atoms with Crippen molar-refractivity contribution in [3.05, 3.63) is 0 Å². The molecule has 1 atom stereocenters. The van der Waals surface area contributed by atoms with E-state index in [0.29, 0.717) is 5.96 Å². The number of hydrogen-bond donors (Lipinski definition) is 1. The number of guanidine groups is 1. The molecule has 4 nitrogen and oxygen atoms in total. The van der Waals surface area contributed by atoms with Crippen LogP contribution in [0.2, 0.25) is 0 Å². The fourth-order valence-corrected chi connectivity index (χ4v) is 2.63. The number of nitrogens with two attached hydrogens (primary N) is 1. The van der Waals surface area contributed by atoms with Crippen molar-refractivity contribution in [1.29, 1.82) is 0 Å². The molecule has 1 saturated heterocycles. The van der Waals surface area contributed by atoms with E-state index in [0.717, 1.165) is 32.0 Å². The second-order valence-corrected chi connectivity index (χ2v) is 5.31. The highest BCUT2D eigenvalue weighted by Crippen LogP contribution is 2.15. The van der Waals surface area contributed by atoms with Crippen LogP contribution < -0.4 is 5.73 Å². The molecule has 0 bridgehead atoms. The van der Waals surface area contributed by atoms with Crippen LogP contribution in [-0.4, -0.2) is 55.0 Å². The third-order valence-electron chi connectivity index (χ3n) is 3.73. The molecule has 0 spiro atoms. The average molecular weight is 382 g/mol. The van der Waals surface area contributed by atoms with Gasteiger partial charge in [0.05, 0.1) is 0 Å². The van der Waals surface area contributed by atoms with E-state index in [1.54, 1.807) is 0 Å². The van der Waals surface area contributed by atoms with E-state index in [2.05, 4.69) is 35.6 Å². The maximum absolute atomic E-state index is 5.94. The summed E-state index contributed by atoms with van der Waals surface area (Å²) in [6, 6.07) is 0. The molecule has 0 radical (unpaired) electrons. The lowest BCUT2D eigenvalue weighted by atomic mass is 10.0. The fourth-order valence-electron chi connectivity index (χ4n) is 2.63. The van der Waals surface area contributed by atoms with Gasteiger partial charge in [-0.3, -0.25) is 4.99 Å². The summed E-state index contributed by atoms with van der Waals surface area (Å²) in [6.45, 7) is 13.0. The molecule has 0 amide bonds. The lowest BCUT2D eigenvalue weighted by Gasteiger charge is -2.30. The maximum Gasteiger partial charge on any atom is 0.191 e. The number of rotatable bonds is 6. The van der Waals surface area contributed by atoms with Gasteiger partial charge in [0.25, 0.3) is 0 Å². The summed E-state index contributed by atoms with van der Waals surface area (Å²) in [5.41, 5.74) is 5.94. The van der Waals surface area contributed by atoms with Gasteiger partial charge in [-0.05, 0) is 52.1 Å². The zero-order valence-corrected chi connectivity index (χ0v) is 15.1. The number of halogens is 1. The first-order valence-electron chi connectivity index (χ1n) is 7.44. The molecular formula is C14H31IN4. The van der Waals surface area contributed by atoms with Gasteiger partial charge in [0.15, 0.2) is 5.96 Å². The summed E-state index contributed by atoms with van der Waals surface area (Å²) in [5, 5.41) is 0. The SMILES string of the molecule is CCN(CC)C(N)=NCCCN1CCCC(C)C1.I. The van der Waals surface area contributed by atoms with Crippen LogP contribution in [0.3, 0.4) is 0 Å². The van der Waals surface area contributed by atoms with E-state index in [4.69, 9.17) is 5.73 Å². The highest BCUT2D eigenvalue weighted by Gasteiger charge is 2.15. The van der Waals surface area contributed by atoms with E-state index < -0.39 is 0 Å². The van der Waals surface area contributed by atoms with E-state index in [-0.39, 0.29) is 24.0 Å². The van der Waals surface area contributed by atoms with Crippen LogP contribution in [-0.2, 0) is 0 Å². The minimum absolute atomic E-state index is 0. The highest BCUT2D eigenvalue weighted by molar-refractivity contribution is 14.0. The summed E-state index contributed by atoms with van der Waals surface area (Å²) in [5.74, 6) is 1.56. The Hall–Kier alpha value is -0.0400. The predicted molar refractivity (Wildman–Crippen MR) is 94.3 cm³/mol. The van der Waals surface area contributed by atoms with Crippen molar-refractivity contribution in [2.75, 3.05) is 39.3 Å². The van der Waals surface area contributed by atoms with E-state index in [1.165, 1.54) is 32.5 Å². The standard InChI is InChI=1S/C14H30N4.HI/c1-4-18(5-2)14(15)16-9-7-11-17-10-6-8-13(3)12-17;/h13H,4-12H2,1-3H3,(H2,15,16);1H. The van der Waals surface area contributed by atoms with Gasteiger partial charge in [-0.15, -0.1) is 24.0 Å². The van der Waals surface area contributed by atoms with Crippen molar-refractivity contribution in [3.63, 3.8) is 0 Å². The Morgan fingerprint density at radius 2 is 2.05 bits per heavy atom. The first kappa shape index (κ1) is 19.0. The van der Waals surface area contributed by atoms with Crippen LogP contribution in [0.15, 0.2) is 4.99 Å². The summed E-state index contributed by atoms with van der Waals surface area (Å²) in [6.07, 6.45) is 3.87. The van der Waals surface area contributed by atoms with Crippen LogP contribution in [0.4, 0.5) is 0 Å². The lowest BCUT2D eigenvalue weighted by Crippen LogP contribution is -2.37. The van der Waals surface area contributed by atoms with Crippen LogP contribution in [0, 0.1) is 5.92 Å². The van der Waals surface area contributed by atoms with E-state index in [1.807, 2.05) is 0 Å². The molecule has 1 heterocycles. The third-order valence-corrected chi connectivity index (χ3v) is 3.73. The number of likely N-dealkylation sites (tertiary alicyclic amines) is 1. The third kappa shape index (κ3) is 7.34. The zero-order valence-electron chi connectivity index (χ0n) is 12.8. The lowest BCUT2D eigenvalue weighted by molar-refractivity contribution is 0.183. The zero-order chi connectivity index (χ0) is 13.4. The molecule has 0 aliphatic carbocycles. The second kappa shape index (κ2) is 10.7. The molecule has 0 aromatic rings. The Morgan fingerprint density at radius 1 is 1.37 bits per heavy atom. The van der Waals surface area contributed by atoms with Crippen molar-refractivity contribution in [2.24, 2.45) is 16.6 Å². The van der Waals surface area contributed by atoms with E-state index >= 15 is 0 Å². The summed E-state index contributed by atoms with van der Waals surface area (Å²) in [4.78, 5) is 9.13. The number of nitrogens with zero attached hydrogens (tertiary/aromatic N) is 3. The molecular weight excluding hydrogens is 351 g/mol. The molecule has 5 heteroatoms. The summed E-state index contributed by atoms with van der Waals surface area (Å²) < 4.78 is 0. The van der Waals surface area contributed by atoms with Crippen LogP contribution in [0.5, 0.6) is 0 Å². The normalized spacial score (nSPS) is 21.0. The molecule has 1 fully saturated rings. The topological polar surface area (TPSA) is 44.9 Å². The summed E-state index contributed by atoms with van der Waals surface area (Å²) in [7, 11) is 0.